The first-order chi connectivity index (χ1) is 7.97. The molecule has 0 aliphatic carbocycles. The largest absolute Gasteiger partial charge is 0.466 e. The van der Waals surface area contributed by atoms with Gasteiger partial charge in [0.15, 0.2) is 0 Å². The van der Waals surface area contributed by atoms with Crippen LogP contribution in [0, 0.1) is 0 Å². The summed E-state index contributed by atoms with van der Waals surface area (Å²) in [6.07, 6.45) is -0.987. The third kappa shape index (κ3) is 3.05. The summed E-state index contributed by atoms with van der Waals surface area (Å²) in [5.74, 6) is -1.13. The van der Waals surface area contributed by atoms with Crippen LogP contribution in [0.1, 0.15) is 26.7 Å². The molecular weight excluding hydrogens is 226 g/mol. The first kappa shape index (κ1) is 13.2. The fourth-order valence-electron chi connectivity index (χ4n) is 1.64. The second kappa shape index (κ2) is 5.47. The van der Waals surface area contributed by atoms with Gasteiger partial charge in [-0.05, 0) is 20.3 Å². The van der Waals surface area contributed by atoms with Crippen LogP contribution in [0.4, 0.5) is 4.79 Å². The van der Waals surface area contributed by atoms with E-state index >= 15 is 0 Å². The fourth-order valence-corrected chi connectivity index (χ4v) is 1.64. The molecule has 0 spiro atoms. The van der Waals surface area contributed by atoms with Crippen LogP contribution in [-0.4, -0.2) is 41.1 Å². The quantitative estimate of drug-likeness (QED) is 0.750. The van der Waals surface area contributed by atoms with Gasteiger partial charge in [0.05, 0.1) is 13.0 Å². The molecule has 0 unspecified atom stereocenters. The number of carbonyl (C=O) groups is 3. The molecule has 0 aromatic heterocycles. The lowest BCUT2D eigenvalue weighted by molar-refractivity contribution is -0.143. The molecule has 0 bridgehead atoms. The molecule has 0 saturated carbocycles. The Morgan fingerprint density at radius 3 is 2.65 bits per heavy atom. The molecule has 6 heteroatoms. The van der Waals surface area contributed by atoms with Gasteiger partial charge in [-0.15, -0.1) is 0 Å². The number of ether oxygens (including phenoxy) is 1. The molecule has 1 heterocycles. The Balaban J connectivity index is 2.84. The normalized spacial score (nSPS) is 16.1. The minimum Gasteiger partial charge on any atom is -0.466 e. The van der Waals surface area contributed by atoms with E-state index in [0.717, 1.165) is 10.5 Å². The molecule has 2 amide bonds. The number of amides is 2. The molecule has 6 nitrogen and oxygen atoms in total. The molecule has 94 valence electrons. The lowest BCUT2D eigenvalue weighted by atomic mass is 9.98. The van der Waals surface area contributed by atoms with Gasteiger partial charge in [-0.3, -0.25) is 9.59 Å². The molecule has 17 heavy (non-hydrogen) atoms. The Hall–Kier alpha value is -1.85. The topological polar surface area (TPSA) is 83.9 Å². The molecular formula is C11H15NO5. The number of imide groups is 1. The van der Waals surface area contributed by atoms with Gasteiger partial charge in [-0.2, -0.15) is 0 Å². The van der Waals surface area contributed by atoms with E-state index in [1.807, 2.05) is 0 Å². The minimum atomic E-state index is -1.29. The Kier molecular flexibility index (Phi) is 4.25. The van der Waals surface area contributed by atoms with Crippen molar-refractivity contribution < 1.29 is 24.2 Å². The number of carbonyl (C=O) groups excluding carboxylic acids is 2. The van der Waals surface area contributed by atoms with Crippen LogP contribution in [0.15, 0.2) is 11.1 Å². The van der Waals surface area contributed by atoms with Crippen LogP contribution in [-0.2, 0) is 14.3 Å². The zero-order chi connectivity index (χ0) is 13.0. The van der Waals surface area contributed by atoms with Crippen molar-refractivity contribution in [1.82, 2.24) is 4.90 Å². The van der Waals surface area contributed by atoms with E-state index in [1.165, 1.54) is 0 Å². The van der Waals surface area contributed by atoms with Crippen molar-refractivity contribution in [1.29, 1.82) is 0 Å². The SMILES string of the molecule is CCOC(=O)CC1=C(C)CCN(C(=O)O)C1=O. The van der Waals surface area contributed by atoms with Gasteiger partial charge in [0.1, 0.15) is 0 Å². The van der Waals surface area contributed by atoms with Gasteiger partial charge in [0.25, 0.3) is 5.91 Å². The molecule has 1 aliphatic rings. The number of esters is 1. The van der Waals surface area contributed by atoms with Gasteiger partial charge in [0.2, 0.25) is 0 Å². The maximum absolute atomic E-state index is 11.8. The maximum atomic E-state index is 11.8. The average molecular weight is 241 g/mol. The molecule has 1 rings (SSSR count). The summed E-state index contributed by atoms with van der Waals surface area (Å²) in [4.78, 5) is 34.6. The summed E-state index contributed by atoms with van der Waals surface area (Å²) in [6, 6.07) is 0. The predicted molar refractivity (Wildman–Crippen MR) is 58.3 cm³/mol. The Labute approximate surface area is 98.8 Å². The zero-order valence-electron chi connectivity index (χ0n) is 9.86. The molecule has 0 saturated heterocycles. The third-order valence-corrected chi connectivity index (χ3v) is 2.59. The van der Waals surface area contributed by atoms with Crippen LogP contribution in [0.2, 0.25) is 0 Å². The van der Waals surface area contributed by atoms with E-state index in [1.54, 1.807) is 13.8 Å². The van der Waals surface area contributed by atoms with Crippen LogP contribution < -0.4 is 0 Å². The van der Waals surface area contributed by atoms with Crippen LogP contribution in [0.25, 0.3) is 0 Å². The lowest BCUT2D eigenvalue weighted by Crippen LogP contribution is -2.41. The van der Waals surface area contributed by atoms with E-state index in [-0.39, 0.29) is 25.1 Å². The first-order valence-electron chi connectivity index (χ1n) is 5.36. The van der Waals surface area contributed by atoms with Crippen molar-refractivity contribution in [3.63, 3.8) is 0 Å². The molecule has 0 radical (unpaired) electrons. The maximum Gasteiger partial charge on any atom is 0.414 e. The summed E-state index contributed by atoms with van der Waals surface area (Å²) >= 11 is 0. The highest BCUT2D eigenvalue weighted by atomic mass is 16.5. The van der Waals surface area contributed by atoms with E-state index in [4.69, 9.17) is 9.84 Å². The van der Waals surface area contributed by atoms with Gasteiger partial charge >= 0.3 is 12.1 Å². The Morgan fingerprint density at radius 2 is 2.12 bits per heavy atom. The van der Waals surface area contributed by atoms with Crippen molar-refractivity contribution in [2.24, 2.45) is 0 Å². The molecule has 0 aromatic carbocycles. The molecule has 1 aliphatic heterocycles. The highest BCUT2D eigenvalue weighted by Crippen LogP contribution is 2.22. The third-order valence-electron chi connectivity index (χ3n) is 2.59. The van der Waals surface area contributed by atoms with Gasteiger partial charge in [-0.25, -0.2) is 9.69 Å². The van der Waals surface area contributed by atoms with Gasteiger partial charge < -0.3 is 9.84 Å². The van der Waals surface area contributed by atoms with Gasteiger partial charge in [-0.1, -0.05) is 5.57 Å². The van der Waals surface area contributed by atoms with E-state index in [0.29, 0.717) is 6.42 Å². The fraction of sp³-hybridized carbons (Fsp3) is 0.545. The highest BCUT2D eigenvalue weighted by molar-refractivity contribution is 6.05. The van der Waals surface area contributed by atoms with E-state index < -0.39 is 18.0 Å². The minimum absolute atomic E-state index is 0.145. The number of hydrogen-bond acceptors (Lipinski definition) is 4. The summed E-state index contributed by atoms with van der Waals surface area (Å²) in [6.45, 7) is 3.78. The van der Waals surface area contributed by atoms with Crippen molar-refractivity contribution in [2.75, 3.05) is 13.2 Å². The van der Waals surface area contributed by atoms with Crippen LogP contribution >= 0.6 is 0 Å². The monoisotopic (exact) mass is 241 g/mol. The molecule has 0 aromatic rings. The predicted octanol–water partition coefficient (Wildman–Crippen LogP) is 1.17. The lowest BCUT2D eigenvalue weighted by Gasteiger charge is -2.25. The number of carboxylic acid groups (broad SMARTS) is 1. The van der Waals surface area contributed by atoms with Crippen LogP contribution in [0.3, 0.4) is 0 Å². The molecule has 1 N–H and O–H groups in total. The van der Waals surface area contributed by atoms with Crippen molar-refractivity contribution >= 4 is 18.0 Å². The smallest absolute Gasteiger partial charge is 0.414 e. The van der Waals surface area contributed by atoms with E-state index in [2.05, 4.69) is 0 Å². The summed E-state index contributed by atoms with van der Waals surface area (Å²) in [5.41, 5.74) is 0.984. The van der Waals surface area contributed by atoms with Crippen molar-refractivity contribution in [3.05, 3.63) is 11.1 Å². The summed E-state index contributed by atoms with van der Waals surface area (Å²) < 4.78 is 4.75. The average Bonchev–Trinajstić information content (AvgIpc) is 2.24. The zero-order valence-corrected chi connectivity index (χ0v) is 9.86. The number of hydrogen-bond donors (Lipinski definition) is 1. The van der Waals surface area contributed by atoms with E-state index in [9.17, 15) is 14.4 Å². The molecule has 0 atom stereocenters. The Morgan fingerprint density at radius 1 is 1.47 bits per heavy atom. The highest BCUT2D eigenvalue weighted by Gasteiger charge is 2.30. The first-order valence-corrected chi connectivity index (χ1v) is 5.36. The summed E-state index contributed by atoms with van der Waals surface area (Å²) in [5, 5.41) is 8.82. The second-order valence-electron chi connectivity index (χ2n) is 3.73. The Bertz CT molecular complexity index is 385. The van der Waals surface area contributed by atoms with Crippen molar-refractivity contribution in [2.45, 2.75) is 26.7 Å². The molecule has 0 fully saturated rings. The van der Waals surface area contributed by atoms with Crippen molar-refractivity contribution in [3.8, 4) is 0 Å². The summed E-state index contributed by atoms with van der Waals surface area (Å²) in [7, 11) is 0. The number of rotatable bonds is 3. The standard InChI is InChI=1S/C11H15NO5/c1-3-17-9(13)6-8-7(2)4-5-12(10(8)14)11(15)16/h3-6H2,1-2H3,(H,15,16). The second-order valence-corrected chi connectivity index (χ2v) is 3.73. The van der Waals surface area contributed by atoms with Gasteiger partial charge in [0, 0.05) is 12.1 Å². The number of nitrogens with zero attached hydrogens (tertiary/aromatic N) is 1. The van der Waals surface area contributed by atoms with Crippen LogP contribution in [0.5, 0.6) is 0 Å².